The minimum atomic E-state index is -0.988. The molecule has 0 amide bonds. The van der Waals surface area contributed by atoms with Gasteiger partial charge in [-0.2, -0.15) is 0 Å². The van der Waals surface area contributed by atoms with Crippen LogP contribution in [0.1, 0.15) is 15.9 Å². The average Bonchev–Trinajstić information content (AvgIpc) is 2.52. The van der Waals surface area contributed by atoms with Gasteiger partial charge >= 0.3 is 5.97 Å². The molecule has 0 spiro atoms. The zero-order chi connectivity index (χ0) is 15.1. The van der Waals surface area contributed by atoms with E-state index in [2.05, 4.69) is 0 Å². The highest BCUT2D eigenvalue weighted by atomic mass is 16.5. The van der Waals surface area contributed by atoms with Gasteiger partial charge < -0.3 is 19.7 Å². The number of aromatic carboxylic acids is 1. The number of carboxylic acid groups (broad SMARTS) is 1. The second-order valence-electron chi connectivity index (χ2n) is 4.34. The fourth-order valence-corrected chi connectivity index (χ4v) is 1.77. The molecule has 21 heavy (non-hydrogen) atoms. The van der Waals surface area contributed by atoms with Crippen LogP contribution < -0.4 is 9.47 Å². The van der Waals surface area contributed by atoms with Gasteiger partial charge in [0, 0.05) is 0 Å². The lowest BCUT2D eigenvalue weighted by molar-refractivity contribution is 0.0696. The molecule has 5 heteroatoms. The summed E-state index contributed by atoms with van der Waals surface area (Å²) in [6, 6.07) is 13.5. The van der Waals surface area contributed by atoms with Crippen molar-refractivity contribution in [3.8, 4) is 11.5 Å². The Kier molecular flexibility index (Phi) is 5.17. The molecule has 0 atom stereocenters. The summed E-state index contributed by atoms with van der Waals surface area (Å²) in [5.74, 6) is 0.157. The van der Waals surface area contributed by atoms with E-state index < -0.39 is 5.97 Å². The van der Waals surface area contributed by atoms with E-state index in [9.17, 15) is 4.79 Å². The second kappa shape index (κ2) is 7.31. The topological polar surface area (TPSA) is 76.0 Å². The van der Waals surface area contributed by atoms with Crippen molar-refractivity contribution in [2.45, 2.75) is 6.61 Å². The Hall–Kier alpha value is -2.53. The maximum absolute atomic E-state index is 10.8. The predicted octanol–water partition coefficient (Wildman–Crippen LogP) is 2.33. The highest BCUT2D eigenvalue weighted by Gasteiger charge is 2.03. The third-order valence-corrected chi connectivity index (χ3v) is 2.78. The van der Waals surface area contributed by atoms with E-state index in [-0.39, 0.29) is 12.2 Å². The van der Waals surface area contributed by atoms with Crippen molar-refractivity contribution in [2.75, 3.05) is 13.2 Å². The number of carbonyl (C=O) groups is 1. The summed E-state index contributed by atoms with van der Waals surface area (Å²) < 4.78 is 10.9. The standard InChI is InChI=1S/C16H16O5/c17-11-12-3-1-5-14(9-12)20-7-8-21-15-6-2-4-13(10-15)16(18)19/h1-6,9-10,17H,7-8,11H2,(H,18,19). The number of carboxylic acids is 1. The van der Waals surface area contributed by atoms with Crippen molar-refractivity contribution < 1.29 is 24.5 Å². The number of aliphatic hydroxyl groups is 1. The van der Waals surface area contributed by atoms with Crippen molar-refractivity contribution in [2.24, 2.45) is 0 Å². The summed E-state index contributed by atoms with van der Waals surface area (Å²) in [6.07, 6.45) is 0. The maximum atomic E-state index is 10.8. The minimum absolute atomic E-state index is 0.0321. The molecule has 0 radical (unpaired) electrons. The monoisotopic (exact) mass is 288 g/mol. The van der Waals surface area contributed by atoms with Crippen molar-refractivity contribution in [1.29, 1.82) is 0 Å². The second-order valence-corrected chi connectivity index (χ2v) is 4.34. The first-order valence-corrected chi connectivity index (χ1v) is 6.48. The summed E-state index contributed by atoms with van der Waals surface area (Å²) >= 11 is 0. The molecule has 0 unspecified atom stereocenters. The maximum Gasteiger partial charge on any atom is 0.335 e. The van der Waals surface area contributed by atoms with Crippen LogP contribution in [0.15, 0.2) is 48.5 Å². The molecule has 2 N–H and O–H groups in total. The number of ether oxygens (including phenoxy) is 2. The highest BCUT2D eigenvalue weighted by Crippen LogP contribution is 2.15. The van der Waals surface area contributed by atoms with Crippen LogP contribution in [-0.4, -0.2) is 29.4 Å². The van der Waals surface area contributed by atoms with Crippen molar-refractivity contribution in [1.82, 2.24) is 0 Å². The lowest BCUT2D eigenvalue weighted by Crippen LogP contribution is -2.09. The van der Waals surface area contributed by atoms with Crippen LogP contribution in [0.2, 0.25) is 0 Å². The third kappa shape index (κ3) is 4.50. The molecule has 0 aliphatic carbocycles. The van der Waals surface area contributed by atoms with Gasteiger partial charge in [-0.05, 0) is 35.9 Å². The average molecular weight is 288 g/mol. The van der Waals surface area contributed by atoms with E-state index in [4.69, 9.17) is 19.7 Å². The van der Waals surface area contributed by atoms with E-state index in [1.807, 2.05) is 0 Å². The lowest BCUT2D eigenvalue weighted by atomic mass is 10.2. The number of hydrogen-bond acceptors (Lipinski definition) is 4. The summed E-state index contributed by atoms with van der Waals surface area (Å²) in [6.45, 7) is 0.592. The Labute approximate surface area is 122 Å². The van der Waals surface area contributed by atoms with Crippen LogP contribution in [0, 0.1) is 0 Å². The Morgan fingerprint density at radius 2 is 1.57 bits per heavy atom. The number of hydrogen-bond donors (Lipinski definition) is 2. The first-order valence-electron chi connectivity index (χ1n) is 6.48. The smallest absolute Gasteiger partial charge is 0.335 e. The van der Waals surface area contributed by atoms with Gasteiger partial charge in [0.15, 0.2) is 0 Å². The molecule has 110 valence electrons. The largest absolute Gasteiger partial charge is 0.490 e. The molecule has 2 aromatic carbocycles. The zero-order valence-corrected chi connectivity index (χ0v) is 11.4. The lowest BCUT2D eigenvalue weighted by Gasteiger charge is -2.09. The Morgan fingerprint density at radius 3 is 2.19 bits per heavy atom. The molecule has 0 heterocycles. The van der Waals surface area contributed by atoms with E-state index >= 15 is 0 Å². The van der Waals surface area contributed by atoms with Crippen molar-refractivity contribution >= 4 is 5.97 Å². The molecule has 5 nitrogen and oxygen atoms in total. The van der Waals surface area contributed by atoms with Gasteiger partial charge in [0.05, 0.1) is 12.2 Å². The van der Waals surface area contributed by atoms with Crippen molar-refractivity contribution in [3.05, 3.63) is 59.7 Å². The van der Waals surface area contributed by atoms with E-state index in [1.54, 1.807) is 36.4 Å². The quantitative estimate of drug-likeness (QED) is 0.765. The molecule has 0 bridgehead atoms. The molecular formula is C16H16O5. The predicted molar refractivity (Wildman–Crippen MR) is 76.8 cm³/mol. The van der Waals surface area contributed by atoms with Crippen LogP contribution in [0.4, 0.5) is 0 Å². The third-order valence-electron chi connectivity index (χ3n) is 2.78. The molecule has 0 aromatic heterocycles. The highest BCUT2D eigenvalue weighted by molar-refractivity contribution is 5.87. The molecule has 0 saturated carbocycles. The van der Waals surface area contributed by atoms with Gasteiger partial charge in [-0.3, -0.25) is 0 Å². The van der Waals surface area contributed by atoms with Gasteiger partial charge in [-0.15, -0.1) is 0 Å². The Bertz CT molecular complexity index is 609. The van der Waals surface area contributed by atoms with Crippen LogP contribution >= 0.6 is 0 Å². The first kappa shape index (κ1) is 14.9. The normalized spacial score (nSPS) is 10.1. The number of rotatable bonds is 7. The summed E-state index contributed by atoms with van der Waals surface area (Å²) in [5.41, 5.74) is 0.964. The molecule has 2 aromatic rings. The number of aliphatic hydroxyl groups excluding tert-OH is 1. The van der Waals surface area contributed by atoms with Crippen LogP contribution in [0.3, 0.4) is 0 Å². The van der Waals surface area contributed by atoms with E-state index in [0.29, 0.717) is 24.7 Å². The molecular weight excluding hydrogens is 272 g/mol. The molecule has 0 aliphatic rings. The minimum Gasteiger partial charge on any atom is -0.490 e. The Morgan fingerprint density at radius 1 is 0.952 bits per heavy atom. The van der Waals surface area contributed by atoms with Gasteiger partial charge in [0.1, 0.15) is 24.7 Å². The van der Waals surface area contributed by atoms with Crippen LogP contribution in [-0.2, 0) is 6.61 Å². The molecule has 0 aliphatic heterocycles. The molecule has 0 saturated heterocycles. The SMILES string of the molecule is O=C(O)c1cccc(OCCOc2cccc(CO)c2)c1. The van der Waals surface area contributed by atoms with Gasteiger partial charge in [-0.1, -0.05) is 18.2 Å². The van der Waals surface area contributed by atoms with Crippen LogP contribution in [0.25, 0.3) is 0 Å². The van der Waals surface area contributed by atoms with Crippen LogP contribution in [0.5, 0.6) is 11.5 Å². The summed E-state index contributed by atoms with van der Waals surface area (Å²) in [7, 11) is 0. The Balaban J connectivity index is 1.81. The van der Waals surface area contributed by atoms with Gasteiger partial charge in [-0.25, -0.2) is 4.79 Å². The van der Waals surface area contributed by atoms with Gasteiger partial charge in [0.2, 0.25) is 0 Å². The summed E-state index contributed by atoms with van der Waals surface area (Å²) in [4.78, 5) is 10.8. The molecule has 0 fully saturated rings. The van der Waals surface area contributed by atoms with Gasteiger partial charge in [0.25, 0.3) is 0 Å². The fraction of sp³-hybridized carbons (Fsp3) is 0.188. The van der Waals surface area contributed by atoms with Crippen molar-refractivity contribution in [3.63, 3.8) is 0 Å². The fourth-order valence-electron chi connectivity index (χ4n) is 1.77. The summed E-state index contributed by atoms with van der Waals surface area (Å²) in [5, 5.41) is 17.9. The first-order chi connectivity index (χ1) is 10.2. The molecule has 2 rings (SSSR count). The van der Waals surface area contributed by atoms with E-state index in [1.165, 1.54) is 12.1 Å². The van der Waals surface area contributed by atoms with E-state index in [0.717, 1.165) is 5.56 Å². The number of benzene rings is 2. The zero-order valence-electron chi connectivity index (χ0n) is 11.4.